The van der Waals surface area contributed by atoms with Crippen LogP contribution in [-0.2, 0) is 6.54 Å². The molecule has 4 aromatic rings. The molecule has 0 unspecified atom stereocenters. The van der Waals surface area contributed by atoms with Crippen LogP contribution >= 0.6 is 0 Å². The van der Waals surface area contributed by atoms with Crippen molar-refractivity contribution in [2.45, 2.75) is 13.5 Å². The number of hydrogen-bond acceptors (Lipinski definition) is 2. The van der Waals surface area contributed by atoms with Crippen molar-refractivity contribution in [2.24, 2.45) is 0 Å². The summed E-state index contributed by atoms with van der Waals surface area (Å²) in [6, 6.07) is 16.7. The molecular weight excluding hydrogens is 333 g/mol. The van der Waals surface area contributed by atoms with E-state index in [4.69, 9.17) is 0 Å². The first-order valence-corrected chi connectivity index (χ1v) is 8.19. The highest BCUT2D eigenvalue weighted by Crippen LogP contribution is 2.15. The van der Waals surface area contributed by atoms with Crippen molar-refractivity contribution < 1.29 is 4.39 Å². The van der Waals surface area contributed by atoms with Gasteiger partial charge in [-0.05, 0) is 30.7 Å². The number of nitrogens with one attached hydrogen (secondary N) is 1. The predicted octanol–water partition coefficient (Wildman–Crippen LogP) is 2.98. The predicted molar refractivity (Wildman–Crippen MR) is 98.4 cm³/mol. The van der Waals surface area contributed by atoms with E-state index in [1.54, 1.807) is 17.6 Å². The van der Waals surface area contributed by atoms with Gasteiger partial charge in [-0.25, -0.2) is 9.07 Å². The fourth-order valence-electron chi connectivity index (χ4n) is 3.17. The van der Waals surface area contributed by atoms with E-state index in [0.717, 1.165) is 5.56 Å². The molecule has 2 heterocycles. The Bertz CT molecular complexity index is 1220. The molecule has 0 spiro atoms. The molecule has 0 atom stereocenters. The van der Waals surface area contributed by atoms with Gasteiger partial charge in [-0.2, -0.15) is 0 Å². The standard InChI is InChI=1S/C20H16FN3O2/c1-13-19-17(11-18(25)23(13)12-14-6-3-2-4-7-14)22-24(20(19)26)16-9-5-8-15(21)10-16/h2-11,22H,12H2,1H3. The van der Waals surface area contributed by atoms with Crippen LogP contribution < -0.4 is 11.1 Å². The smallest absolute Gasteiger partial charge is 0.280 e. The van der Waals surface area contributed by atoms with Crippen LogP contribution in [0.4, 0.5) is 4.39 Å². The number of halogens is 1. The first-order valence-electron chi connectivity index (χ1n) is 8.19. The van der Waals surface area contributed by atoms with E-state index >= 15 is 0 Å². The van der Waals surface area contributed by atoms with Crippen molar-refractivity contribution >= 4 is 10.9 Å². The summed E-state index contributed by atoms with van der Waals surface area (Å²) < 4.78 is 16.3. The minimum Gasteiger partial charge on any atom is -0.308 e. The Morgan fingerprint density at radius 1 is 1.00 bits per heavy atom. The monoisotopic (exact) mass is 349 g/mol. The highest BCUT2D eigenvalue weighted by Gasteiger charge is 2.15. The number of H-pyrrole nitrogens is 1. The Morgan fingerprint density at radius 2 is 1.77 bits per heavy atom. The van der Waals surface area contributed by atoms with Crippen LogP contribution in [0, 0.1) is 12.7 Å². The molecule has 0 saturated heterocycles. The van der Waals surface area contributed by atoms with Gasteiger partial charge in [0.15, 0.2) is 0 Å². The Hall–Kier alpha value is -3.41. The van der Waals surface area contributed by atoms with E-state index in [9.17, 15) is 14.0 Å². The lowest BCUT2D eigenvalue weighted by Crippen LogP contribution is -2.23. The van der Waals surface area contributed by atoms with Crippen molar-refractivity contribution in [1.29, 1.82) is 0 Å². The number of aromatic nitrogens is 3. The molecule has 2 aromatic carbocycles. The summed E-state index contributed by atoms with van der Waals surface area (Å²) in [5.41, 5.74) is 1.85. The number of pyridine rings is 1. The highest BCUT2D eigenvalue weighted by molar-refractivity contribution is 5.80. The molecule has 26 heavy (non-hydrogen) atoms. The van der Waals surface area contributed by atoms with Crippen molar-refractivity contribution in [1.82, 2.24) is 14.3 Å². The summed E-state index contributed by atoms with van der Waals surface area (Å²) in [5.74, 6) is -0.437. The molecule has 0 aliphatic carbocycles. The van der Waals surface area contributed by atoms with E-state index in [2.05, 4.69) is 5.10 Å². The van der Waals surface area contributed by atoms with Gasteiger partial charge in [0.2, 0.25) is 0 Å². The van der Waals surface area contributed by atoms with Crippen LogP contribution in [0.5, 0.6) is 0 Å². The third-order valence-corrected chi connectivity index (χ3v) is 4.47. The molecule has 0 amide bonds. The van der Waals surface area contributed by atoms with Crippen LogP contribution in [-0.4, -0.2) is 14.3 Å². The lowest BCUT2D eigenvalue weighted by molar-refractivity contribution is 0.625. The fourth-order valence-corrected chi connectivity index (χ4v) is 3.17. The Labute approximate surface area is 147 Å². The average molecular weight is 349 g/mol. The van der Waals surface area contributed by atoms with Gasteiger partial charge in [-0.1, -0.05) is 36.4 Å². The molecule has 0 radical (unpaired) electrons. The van der Waals surface area contributed by atoms with Crippen molar-refractivity contribution in [3.63, 3.8) is 0 Å². The third kappa shape index (κ3) is 2.65. The van der Waals surface area contributed by atoms with Crippen LogP contribution in [0.15, 0.2) is 70.3 Å². The number of rotatable bonds is 3. The Balaban J connectivity index is 1.91. The maximum absolute atomic E-state index is 13.5. The molecule has 6 heteroatoms. The SMILES string of the molecule is Cc1c2c(=O)n(-c3cccc(F)c3)[nH]c2cc(=O)n1Cc1ccccc1. The zero-order chi connectivity index (χ0) is 18.3. The van der Waals surface area contributed by atoms with E-state index in [1.807, 2.05) is 30.3 Å². The second kappa shape index (κ2) is 6.15. The first-order chi connectivity index (χ1) is 12.5. The molecule has 0 aliphatic heterocycles. The van der Waals surface area contributed by atoms with Crippen LogP contribution in [0.3, 0.4) is 0 Å². The molecule has 4 rings (SSSR count). The Morgan fingerprint density at radius 3 is 2.50 bits per heavy atom. The molecule has 130 valence electrons. The quantitative estimate of drug-likeness (QED) is 0.618. The molecule has 5 nitrogen and oxygen atoms in total. The minimum absolute atomic E-state index is 0.202. The zero-order valence-electron chi connectivity index (χ0n) is 14.1. The van der Waals surface area contributed by atoms with E-state index in [-0.39, 0.29) is 11.1 Å². The zero-order valence-corrected chi connectivity index (χ0v) is 14.1. The van der Waals surface area contributed by atoms with Gasteiger partial charge in [0, 0.05) is 11.8 Å². The molecule has 2 aromatic heterocycles. The number of aromatic amines is 1. The normalized spacial score (nSPS) is 11.2. The van der Waals surface area contributed by atoms with Gasteiger partial charge in [-0.3, -0.25) is 14.7 Å². The fraction of sp³-hybridized carbons (Fsp3) is 0.100. The second-order valence-corrected chi connectivity index (χ2v) is 6.16. The first kappa shape index (κ1) is 16.1. The largest absolute Gasteiger partial charge is 0.308 e. The maximum atomic E-state index is 13.5. The topological polar surface area (TPSA) is 59.8 Å². The van der Waals surface area contributed by atoms with E-state index in [1.165, 1.54) is 28.9 Å². The number of benzene rings is 2. The number of nitrogens with zero attached hydrogens (tertiary/aromatic N) is 2. The van der Waals surface area contributed by atoms with Crippen LogP contribution in [0.25, 0.3) is 16.6 Å². The van der Waals surface area contributed by atoms with Crippen molar-refractivity contribution in [3.8, 4) is 5.69 Å². The molecule has 1 N–H and O–H groups in total. The summed E-state index contributed by atoms with van der Waals surface area (Å²) in [4.78, 5) is 25.4. The summed E-state index contributed by atoms with van der Waals surface area (Å²) in [7, 11) is 0. The minimum atomic E-state index is -0.437. The maximum Gasteiger partial charge on any atom is 0.280 e. The number of hydrogen-bond donors (Lipinski definition) is 1. The molecule has 0 aliphatic rings. The van der Waals surface area contributed by atoms with Gasteiger partial charge in [0.05, 0.1) is 23.1 Å². The van der Waals surface area contributed by atoms with Gasteiger partial charge in [0.1, 0.15) is 5.82 Å². The Kier molecular flexibility index (Phi) is 3.80. The number of fused-ring (bicyclic) bond motifs is 1. The summed E-state index contributed by atoms with van der Waals surface area (Å²) in [5, 5.41) is 3.33. The molecule has 0 bridgehead atoms. The van der Waals surface area contributed by atoms with Gasteiger partial charge in [-0.15, -0.1) is 0 Å². The van der Waals surface area contributed by atoms with Crippen molar-refractivity contribution in [3.05, 3.63) is 98.4 Å². The van der Waals surface area contributed by atoms with Gasteiger partial charge in [0.25, 0.3) is 11.1 Å². The van der Waals surface area contributed by atoms with Crippen LogP contribution in [0.2, 0.25) is 0 Å². The van der Waals surface area contributed by atoms with Crippen molar-refractivity contribution in [2.75, 3.05) is 0 Å². The average Bonchev–Trinajstić information content (AvgIpc) is 2.96. The highest BCUT2D eigenvalue weighted by atomic mass is 19.1. The summed E-state index contributed by atoms with van der Waals surface area (Å²) >= 11 is 0. The lowest BCUT2D eigenvalue weighted by atomic mass is 10.2. The lowest BCUT2D eigenvalue weighted by Gasteiger charge is -2.10. The molecule has 0 fully saturated rings. The molecular formula is C20H16FN3O2. The van der Waals surface area contributed by atoms with E-state index in [0.29, 0.717) is 28.8 Å². The van der Waals surface area contributed by atoms with Crippen LogP contribution in [0.1, 0.15) is 11.3 Å². The third-order valence-electron chi connectivity index (χ3n) is 4.47. The summed E-state index contributed by atoms with van der Waals surface area (Å²) in [6.07, 6.45) is 0. The summed E-state index contributed by atoms with van der Waals surface area (Å²) in [6.45, 7) is 2.13. The second-order valence-electron chi connectivity index (χ2n) is 6.16. The van der Waals surface area contributed by atoms with Gasteiger partial charge < -0.3 is 4.57 Å². The van der Waals surface area contributed by atoms with E-state index < -0.39 is 5.82 Å². The molecule has 0 saturated carbocycles. The van der Waals surface area contributed by atoms with Gasteiger partial charge >= 0.3 is 0 Å². The number of aryl methyl sites for hydroxylation is 1.